The molecule has 0 saturated carbocycles. The summed E-state index contributed by atoms with van der Waals surface area (Å²) in [6, 6.07) is 8.85. The number of hydrogen-bond donors (Lipinski definition) is 1. The lowest BCUT2D eigenvalue weighted by Crippen LogP contribution is -2.35. The maximum atomic E-state index is 6.01. The Bertz CT molecular complexity index is 337. The second-order valence-electron chi connectivity index (χ2n) is 5.61. The van der Waals surface area contributed by atoms with Gasteiger partial charge in [-0.2, -0.15) is 0 Å². The van der Waals surface area contributed by atoms with Crippen LogP contribution in [-0.2, 0) is 4.74 Å². The van der Waals surface area contributed by atoms with Crippen LogP contribution in [0.25, 0.3) is 0 Å². The van der Waals surface area contributed by atoms with E-state index in [-0.39, 0.29) is 17.7 Å². The van der Waals surface area contributed by atoms with Gasteiger partial charge in [0.2, 0.25) is 0 Å². The SMILES string of the molecule is CNC(c1ccc(C)cc1)C(C)OC(C)(C)C. The van der Waals surface area contributed by atoms with E-state index < -0.39 is 0 Å². The van der Waals surface area contributed by atoms with Gasteiger partial charge in [0.25, 0.3) is 0 Å². The van der Waals surface area contributed by atoms with Crippen LogP contribution >= 0.6 is 0 Å². The largest absolute Gasteiger partial charge is 0.371 e. The predicted molar refractivity (Wildman–Crippen MR) is 73.3 cm³/mol. The van der Waals surface area contributed by atoms with Crippen LogP contribution in [0.3, 0.4) is 0 Å². The number of rotatable bonds is 4. The Morgan fingerprint density at radius 3 is 2.06 bits per heavy atom. The van der Waals surface area contributed by atoms with E-state index in [0.29, 0.717) is 0 Å². The molecule has 0 amide bonds. The molecule has 2 nitrogen and oxygen atoms in total. The molecular formula is C15H25NO. The number of ether oxygens (including phenoxy) is 1. The zero-order valence-corrected chi connectivity index (χ0v) is 11.9. The number of aryl methyl sites for hydroxylation is 1. The highest BCUT2D eigenvalue weighted by molar-refractivity contribution is 5.24. The first-order chi connectivity index (χ1) is 7.83. The van der Waals surface area contributed by atoms with Crippen LogP contribution < -0.4 is 5.32 Å². The molecule has 0 spiro atoms. The standard InChI is InChI=1S/C15H25NO/c1-11-7-9-13(10-8-11)14(16-6)12(2)17-15(3,4)5/h7-10,12,14,16H,1-6H3. The van der Waals surface area contributed by atoms with Gasteiger partial charge < -0.3 is 10.1 Å². The molecule has 0 aromatic heterocycles. The van der Waals surface area contributed by atoms with E-state index in [9.17, 15) is 0 Å². The molecule has 0 heterocycles. The lowest BCUT2D eigenvalue weighted by atomic mass is 10.0. The second-order valence-corrected chi connectivity index (χ2v) is 5.61. The molecule has 0 aliphatic heterocycles. The van der Waals surface area contributed by atoms with Gasteiger partial charge in [0.05, 0.1) is 17.7 Å². The van der Waals surface area contributed by atoms with Crippen molar-refractivity contribution in [1.82, 2.24) is 5.32 Å². The molecule has 1 aromatic rings. The van der Waals surface area contributed by atoms with Crippen LogP contribution in [0, 0.1) is 6.92 Å². The summed E-state index contributed by atoms with van der Waals surface area (Å²) >= 11 is 0. The van der Waals surface area contributed by atoms with Crippen molar-refractivity contribution in [1.29, 1.82) is 0 Å². The number of nitrogens with one attached hydrogen (secondary N) is 1. The van der Waals surface area contributed by atoms with E-state index in [2.05, 4.69) is 64.2 Å². The van der Waals surface area contributed by atoms with Crippen molar-refractivity contribution < 1.29 is 4.74 Å². The molecule has 2 heteroatoms. The molecule has 0 bridgehead atoms. The fourth-order valence-corrected chi connectivity index (χ4v) is 2.07. The van der Waals surface area contributed by atoms with Crippen molar-refractivity contribution in [3.05, 3.63) is 35.4 Å². The van der Waals surface area contributed by atoms with Crippen LogP contribution in [0.4, 0.5) is 0 Å². The smallest absolute Gasteiger partial charge is 0.0748 e. The normalized spacial score (nSPS) is 15.6. The Morgan fingerprint density at radius 2 is 1.65 bits per heavy atom. The summed E-state index contributed by atoms with van der Waals surface area (Å²) < 4.78 is 6.01. The van der Waals surface area contributed by atoms with Gasteiger partial charge >= 0.3 is 0 Å². The summed E-state index contributed by atoms with van der Waals surface area (Å²) in [5, 5.41) is 3.34. The average Bonchev–Trinajstić information content (AvgIpc) is 2.19. The van der Waals surface area contributed by atoms with E-state index in [1.165, 1.54) is 11.1 Å². The maximum absolute atomic E-state index is 6.01. The average molecular weight is 235 g/mol. The van der Waals surface area contributed by atoms with E-state index in [1.807, 2.05) is 7.05 Å². The minimum atomic E-state index is -0.112. The van der Waals surface area contributed by atoms with Crippen molar-refractivity contribution in [3.63, 3.8) is 0 Å². The van der Waals surface area contributed by atoms with Gasteiger partial charge in [0.1, 0.15) is 0 Å². The van der Waals surface area contributed by atoms with Gasteiger partial charge in [-0.15, -0.1) is 0 Å². The Balaban J connectivity index is 2.80. The zero-order valence-electron chi connectivity index (χ0n) is 11.9. The summed E-state index contributed by atoms with van der Waals surface area (Å²) in [4.78, 5) is 0. The van der Waals surface area contributed by atoms with Crippen LogP contribution in [0.5, 0.6) is 0 Å². The number of hydrogen-bond acceptors (Lipinski definition) is 2. The Kier molecular flexibility index (Phi) is 4.72. The van der Waals surface area contributed by atoms with Crippen LogP contribution in [-0.4, -0.2) is 18.8 Å². The number of likely N-dealkylation sites (N-methyl/N-ethyl adjacent to an activating group) is 1. The zero-order chi connectivity index (χ0) is 13.1. The molecule has 1 rings (SSSR count). The Hall–Kier alpha value is -0.860. The first-order valence-corrected chi connectivity index (χ1v) is 6.25. The first kappa shape index (κ1) is 14.2. The summed E-state index contributed by atoms with van der Waals surface area (Å²) in [6.07, 6.45) is 0.141. The van der Waals surface area contributed by atoms with E-state index in [4.69, 9.17) is 4.74 Å². The third kappa shape index (κ3) is 4.49. The quantitative estimate of drug-likeness (QED) is 0.863. The molecule has 2 atom stereocenters. The lowest BCUT2D eigenvalue weighted by Gasteiger charge is -2.31. The highest BCUT2D eigenvalue weighted by Crippen LogP contribution is 2.23. The predicted octanol–water partition coefficient (Wildman–Crippen LogP) is 3.46. The number of benzene rings is 1. The van der Waals surface area contributed by atoms with Crippen molar-refractivity contribution in [2.75, 3.05) is 7.05 Å². The summed E-state index contributed by atoms with van der Waals surface area (Å²) in [5.74, 6) is 0. The molecule has 1 aromatic carbocycles. The Labute approximate surface area is 105 Å². The molecule has 96 valence electrons. The molecule has 1 N–H and O–H groups in total. The van der Waals surface area contributed by atoms with Gasteiger partial charge in [-0.25, -0.2) is 0 Å². The fraction of sp³-hybridized carbons (Fsp3) is 0.600. The van der Waals surface area contributed by atoms with Crippen molar-refractivity contribution >= 4 is 0 Å². The molecule has 0 radical (unpaired) electrons. The van der Waals surface area contributed by atoms with E-state index >= 15 is 0 Å². The van der Waals surface area contributed by atoms with E-state index in [0.717, 1.165) is 0 Å². The van der Waals surface area contributed by atoms with Gasteiger partial charge in [-0.3, -0.25) is 0 Å². The van der Waals surface area contributed by atoms with Crippen molar-refractivity contribution in [2.24, 2.45) is 0 Å². The van der Waals surface area contributed by atoms with Crippen molar-refractivity contribution in [2.45, 2.75) is 52.4 Å². The monoisotopic (exact) mass is 235 g/mol. The summed E-state index contributed by atoms with van der Waals surface area (Å²) in [5.41, 5.74) is 2.45. The van der Waals surface area contributed by atoms with Gasteiger partial charge in [0.15, 0.2) is 0 Å². The third-order valence-corrected chi connectivity index (χ3v) is 2.76. The second kappa shape index (κ2) is 5.65. The molecule has 2 unspecified atom stereocenters. The maximum Gasteiger partial charge on any atom is 0.0748 e. The highest BCUT2D eigenvalue weighted by Gasteiger charge is 2.23. The molecule has 0 saturated heterocycles. The fourth-order valence-electron chi connectivity index (χ4n) is 2.07. The van der Waals surface area contributed by atoms with Crippen LogP contribution in [0.1, 0.15) is 44.9 Å². The van der Waals surface area contributed by atoms with Crippen molar-refractivity contribution in [3.8, 4) is 0 Å². The topological polar surface area (TPSA) is 21.3 Å². The first-order valence-electron chi connectivity index (χ1n) is 6.25. The van der Waals surface area contributed by atoms with E-state index in [1.54, 1.807) is 0 Å². The third-order valence-electron chi connectivity index (χ3n) is 2.76. The molecule has 17 heavy (non-hydrogen) atoms. The summed E-state index contributed by atoms with van der Waals surface area (Å²) in [7, 11) is 1.98. The highest BCUT2D eigenvalue weighted by atomic mass is 16.5. The summed E-state index contributed by atoms with van der Waals surface area (Å²) in [6.45, 7) is 10.5. The minimum absolute atomic E-state index is 0.112. The minimum Gasteiger partial charge on any atom is -0.371 e. The van der Waals surface area contributed by atoms with Crippen LogP contribution in [0.2, 0.25) is 0 Å². The molecule has 0 fully saturated rings. The Morgan fingerprint density at radius 1 is 1.12 bits per heavy atom. The molecular weight excluding hydrogens is 210 g/mol. The molecule has 0 aliphatic carbocycles. The van der Waals surface area contributed by atoms with Gasteiger partial charge in [-0.05, 0) is 47.2 Å². The van der Waals surface area contributed by atoms with Gasteiger partial charge in [0, 0.05) is 0 Å². The van der Waals surface area contributed by atoms with Crippen LogP contribution in [0.15, 0.2) is 24.3 Å². The van der Waals surface area contributed by atoms with Gasteiger partial charge in [-0.1, -0.05) is 29.8 Å². The molecule has 0 aliphatic rings. The lowest BCUT2D eigenvalue weighted by molar-refractivity contribution is -0.0660.